The van der Waals surface area contributed by atoms with Crippen LogP contribution in [0.4, 0.5) is 0 Å². The van der Waals surface area contributed by atoms with E-state index in [4.69, 9.17) is 21.1 Å². The molecule has 0 aliphatic carbocycles. The third-order valence-electron chi connectivity index (χ3n) is 2.88. The van der Waals surface area contributed by atoms with Crippen LogP contribution in [0.2, 0.25) is 5.02 Å². The first-order valence-electron chi connectivity index (χ1n) is 6.77. The predicted octanol–water partition coefficient (Wildman–Crippen LogP) is 2.19. The molecule has 110 valence electrons. The summed E-state index contributed by atoms with van der Waals surface area (Å²) in [4.78, 5) is 4.16. The van der Waals surface area contributed by atoms with E-state index in [0.29, 0.717) is 36.3 Å². The number of nitrogens with one attached hydrogen (secondary N) is 2. The van der Waals surface area contributed by atoms with Crippen LogP contribution < -0.4 is 20.1 Å². The van der Waals surface area contributed by atoms with Crippen LogP contribution in [0.3, 0.4) is 0 Å². The van der Waals surface area contributed by atoms with Gasteiger partial charge in [0.15, 0.2) is 17.5 Å². The molecule has 1 aliphatic heterocycles. The van der Waals surface area contributed by atoms with Gasteiger partial charge in [-0.25, -0.2) is 0 Å². The lowest BCUT2D eigenvalue weighted by atomic mass is 10.2. The van der Waals surface area contributed by atoms with Crippen LogP contribution in [0.1, 0.15) is 18.9 Å². The summed E-state index contributed by atoms with van der Waals surface area (Å²) in [6, 6.07) is 3.83. The Morgan fingerprint density at radius 2 is 2.10 bits per heavy atom. The van der Waals surface area contributed by atoms with Crippen molar-refractivity contribution >= 4 is 17.6 Å². The topological polar surface area (TPSA) is 54.9 Å². The van der Waals surface area contributed by atoms with Crippen LogP contribution in [0.15, 0.2) is 17.1 Å². The number of aliphatic imine (C=N–C) groups is 1. The molecular weight excluding hydrogens is 278 g/mol. The Bertz CT molecular complexity index is 492. The Morgan fingerprint density at radius 1 is 1.30 bits per heavy atom. The first-order chi connectivity index (χ1) is 9.74. The van der Waals surface area contributed by atoms with Gasteiger partial charge in [-0.1, -0.05) is 18.5 Å². The Balaban J connectivity index is 2.01. The predicted molar refractivity (Wildman–Crippen MR) is 80.9 cm³/mol. The molecule has 1 aromatic carbocycles. The summed E-state index contributed by atoms with van der Waals surface area (Å²) in [5.41, 5.74) is 1.03. The summed E-state index contributed by atoms with van der Waals surface area (Å²) in [7, 11) is 1.75. The highest BCUT2D eigenvalue weighted by atomic mass is 35.5. The Morgan fingerprint density at radius 3 is 2.85 bits per heavy atom. The highest BCUT2D eigenvalue weighted by Gasteiger charge is 2.16. The quantitative estimate of drug-likeness (QED) is 0.661. The van der Waals surface area contributed by atoms with Gasteiger partial charge in [0.1, 0.15) is 13.2 Å². The SMILES string of the molecule is CCCNC(=NC)NCc1cc(Cl)c2c(c1)OCCO2. The minimum Gasteiger partial charge on any atom is -0.486 e. The summed E-state index contributed by atoms with van der Waals surface area (Å²) in [6.45, 7) is 4.72. The Hall–Kier alpha value is -1.62. The van der Waals surface area contributed by atoms with Crippen LogP contribution >= 0.6 is 11.6 Å². The van der Waals surface area contributed by atoms with Crippen LogP contribution in [-0.2, 0) is 6.54 Å². The first kappa shape index (κ1) is 14.8. The number of ether oxygens (including phenoxy) is 2. The van der Waals surface area contributed by atoms with Crippen molar-refractivity contribution in [2.24, 2.45) is 4.99 Å². The minimum absolute atomic E-state index is 0.540. The number of hydrogen-bond acceptors (Lipinski definition) is 3. The Labute approximate surface area is 124 Å². The van der Waals surface area contributed by atoms with E-state index in [-0.39, 0.29) is 0 Å². The van der Waals surface area contributed by atoms with Crippen molar-refractivity contribution in [2.45, 2.75) is 19.9 Å². The highest BCUT2D eigenvalue weighted by molar-refractivity contribution is 6.32. The highest BCUT2D eigenvalue weighted by Crippen LogP contribution is 2.38. The van der Waals surface area contributed by atoms with Gasteiger partial charge in [-0.3, -0.25) is 4.99 Å². The van der Waals surface area contributed by atoms with E-state index in [1.54, 1.807) is 7.05 Å². The molecule has 20 heavy (non-hydrogen) atoms. The van der Waals surface area contributed by atoms with E-state index in [1.807, 2.05) is 12.1 Å². The second kappa shape index (κ2) is 7.24. The van der Waals surface area contributed by atoms with Crippen LogP contribution in [0.25, 0.3) is 0 Å². The van der Waals surface area contributed by atoms with Crippen molar-refractivity contribution in [2.75, 3.05) is 26.8 Å². The summed E-state index contributed by atoms with van der Waals surface area (Å²) in [5.74, 6) is 2.12. The van der Waals surface area contributed by atoms with Gasteiger partial charge >= 0.3 is 0 Å². The lowest BCUT2D eigenvalue weighted by molar-refractivity contribution is 0.171. The second-order valence-electron chi connectivity index (χ2n) is 4.45. The molecule has 0 aromatic heterocycles. The molecule has 0 saturated heterocycles. The van der Waals surface area contributed by atoms with Gasteiger partial charge in [-0.05, 0) is 24.1 Å². The number of fused-ring (bicyclic) bond motifs is 1. The molecule has 0 saturated carbocycles. The molecule has 0 bridgehead atoms. The third-order valence-corrected chi connectivity index (χ3v) is 3.16. The van der Waals surface area contributed by atoms with Gasteiger partial charge in [0.25, 0.3) is 0 Å². The van der Waals surface area contributed by atoms with Gasteiger partial charge < -0.3 is 20.1 Å². The fourth-order valence-electron chi connectivity index (χ4n) is 1.92. The van der Waals surface area contributed by atoms with Crippen LogP contribution in [-0.4, -0.2) is 32.8 Å². The van der Waals surface area contributed by atoms with E-state index in [1.165, 1.54) is 0 Å². The summed E-state index contributed by atoms with van der Waals surface area (Å²) in [6.07, 6.45) is 1.05. The van der Waals surface area contributed by atoms with Gasteiger partial charge in [-0.2, -0.15) is 0 Å². The van der Waals surface area contributed by atoms with E-state index in [2.05, 4.69) is 22.5 Å². The van der Waals surface area contributed by atoms with Gasteiger partial charge in [0, 0.05) is 20.1 Å². The standard InChI is InChI=1S/C14H20ClN3O2/c1-3-4-17-14(16-2)18-9-10-7-11(15)13-12(8-10)19-5-6-20-13/h7-8H,3-6,9H2,1-2H3,(H2,16,17,18). The number of nitrogens with zero attached hydrogens (tertiary/aromatic N) is 1. The summed E-state index contributed by atoms with van der Waals surface area (Å²) in [5, 5.41) is 7.03. The summed E-state index contributed by atoms with van der Waals surface area (Å²) >= 11 is 6.20. The molecule has 1 heterocycles. The fourth-order valence-corrected chi connectivity index (χ4v) is 2.20. The molecule has 0 radical (unpaired) electrons. The fraction of sp³-hybridized carbons (Fsp3) is 0.500. The summed E-state index contributed by atoms with van der Waals surface area (Å²) < 4.78 is 11.1. The molecule has 0 amide bonds. The number of halogens is 1. The van der Waals surface area contributed by atoms with Crippen molar-refractivity contribution in [3.63, 3.8) is 0 Å². The van der Waals surface area contributed by atoms with E-state index >= 15 is 0 Å². The van der Waals surface area contributed by atoms with Crippen molar-refractivity contribution < 1.29 is 9.47 Å². The molecule has 0 spiro atoms. The molecule has 0 fully saturated rings. The van der Waals surface area contributed by atoms with E-state index in [9.17, 15) is 0 Å². The zero-order valence-electron chi connectivity index (χ0n) is 11.8. The molecule has 6 heteroatoms. The number of hydrogen-bond donors (Lipinski definition) is 2. The molecule has 2 N–H and O–H groups in total. The largest absolute Gasteiger partial charge is 0.486 e. The zero-order valence-corrected chi connectivity index (χ0v) is 12.6. The third kappa shape index (κ3) is 3.70. The molecule has 0 atom stereocenters. The van der Waals surface area contributed by atoms with E-state index < -0.39 is 0 Å². The van der Waals surface area contributed by atoms with Gasteiger partial charge in [0.05, 0.1) is 5.02 Å². The first-order valence-corrected chi connectivity index (χ1v) is 7.15. The molecule has 5 nitrogen and oxygen atoms in total. The monoisotopic (exact) mass is 297 g/mol. The molecule has 1 aliphatic rings. The van der Waals surface area contributed by atoms with Crippen molar-refractivity contribution in [3.8, 4) is 11.5 Å². The number of rotatable bonds is 4. The normalized spacial score (nSPS) is 14.1. The average molecular weight is 298 g/mol. The van der Waals surface area contributed by atoms with Crippen LogP contribution in [0.5, 0.6) is 11.5 Å². The molecule has 0 unspecified atom stereocenters. The maximum Gasteiger partial charge on any atom is 0.191 e. The van der Waals surface area contributed by atoms with Crippen molar-refractivity contribution in [1.29, 1.82) is 0 Å². The lowest BCUT2D eigenvalue weighted by Gasteiger charge is -2.20. The van der Waals surface area contributed by atoms with Crippen LogP contribution in [0, 0.1) is 0 Å². The minimum atomic E-state index is 0.540. The smallest absolute Gasteiger partial charge is 0.191 e. The van der Waals surface area contributed by atoms with Gasteiger partial charge in [-0.15, -0.1) is 0 Å². The molecular formula is C14H20ClN3O2. The Kier molecular flexibility index (Phi) is 5.35. The van der Waals surface area contributed by atoms with Crippen molar-refractivity contribution in [3.05, 3.63) is 22.7 Å². The van der Waals surface area contributed by atoms with E-state index in [0.717, 1.165) is 24.5 Å². The average Bonchev–Trinajstić information content (AvgIpc) is 2.47. The number of guanidine groups is 1. The lowest BCUT2D eigenvalue weighted by Crippen LogP contribution is -2.37. The number of benzene rings is 1. The van der Waals surface area contributed by atoms with Gasteiger partial charge in [0.2, 0.25) is 0 Å². The molecule has 2 rings (SSSR count). The molecule has 1 aromatic rings. The maximum atomic E-state index is 6.20. The maximum absolute atomic E-state index is 6.20. The van der Waals surface area contributed by atoms with Crippen molar-refractivity contribution in [1.82, 2.24) is 10.6 Å². The second-order valence-corrected chi connectivity index (χ2v) is 4.86. The zero-order chi connectivity index (χ0) is 14.4.